The number of carbonyl (C=O) groups excluding carboxylic acids is 2. The summed E-state index contributed by atoms with van der Waals surface area (Å²) in [6, 6.07) is 22.6. The van der Waals surface area contributed by atoms with E-state index in [4.69, 9.17) is 5.14 Å². The van der Waals surface area contributed by atoms with E-state index in [0.717, 1.165) is 11.1 Å². The van der Waals surface area contributed by atoms with Crippen molar-refractivity contribution in [2.24, 2.45) is 5.14 Å². The summed E-state index contributed by atoms with van der Waals surface area (Å²) in [4.78, 5) is 24.4. The average molecular weight is 408 g/mol. The molecule has 6 nitrogen and oxygen atoms in total. The number of anilines is 1. The summed E-state index contributed by atoms with van der Waals surface area (Å²) in [7, 11) is -3.78. The van der Waals surface area contributed by atoms with Crippen molar-refractivity contribution in [3.63, 3.8) is 0 Å². The lowest BCUT2D eigenvalue weighted by atomic mass is 10.0. The van der Waals surface area contributed by atoms with Crippen LogP contribution in [0.3, 0.4) is 0 Å². The van der Waals surface area contributed by atoms with Gasteiger partial charge in [-0.2, -0.15) is 0 Å². The molecule has 3 aromatic rings. The third-order valence-corrected chi connectivity index (χ3v) is 5.29. The van der Waals surface area contributed by atoms with E-state index in [-0.39, 0.29) is 29.4 Å². The Kier molecular flexibility index (Phi) is 6.21. The van der Waals surface area contributed by atoms with Crippen LogP contribution in [0.2, 0.25) is 0 Å². The SMILES string of the molecule is NS(=O)(=O)c1ccc(NC(=O)CCC(=O)c2ccc(-c3ccccc3)cc2)cc1. The van der Waals surface area contributed by atoms with Gasteiger partial charge in [-0.1, -0.05) is 54.6 Å². The highest BCUT2D eigenvalue weighted by molar-refractivity contribution is 7.89. The molecule has 0 radical (unpaired) electrons. The zero-order valence-electron chi connectivity index (χ0n) is 15.5. The maximum atomic E-state index is 12.3. The second kappa shape index (κ2) is 8.81. The molecule has 0 spiro atoms. The quantitative estimate of drug-likeness (QED) is 0.583. The van der Waals surface area contributed by atoms with Crippen LogP contribution in [0, 0.1) is 0 Å². The predicted molar refractivity (Wildman–Crippen MR) is 112 cm³/mol. The zero-order valence-corrected chi connectivity index (χ0v) is 16.4. The second-order valence-electron chi connectivity index (χ2n) is 6.48. The summed E-state index contributed by atoms with van der Waals surface area (Å²) < 4.78 is 22.5. The number of Topliss-reactive ketones (excluding diaryl/α,β-unsaturated/α-hetero) is 1. The fourth-order valence-corrected chi connectivity index (χ4v) is 3.32. The first-order valence-corrected chi connectivity index (χ1v) is 10.5. The highest BCUT2D eigenvalue weighted by atomic mass is 32.2. The van der Waals surface area contributed by atoms with Gasteiger partial charge in [0, 0.05) is 24.1 Å². The number of benzene rings is 3. The molecule has 0 saturated heterocycles. The van der Waals surface area contributed by atoms with Gasteiger partial charge in [-0.3, -0.25) is 9.59 Å². The summed E-state index contributed by atoms with van der Waals surface area (Å²) in [6.07, 6.45) is 0.0992. The molecule has 0 heterocycles. The van der Waals surface area contributed by atoms with Crippen molar-refractivity contribution in [3.8, 4) is 11.1 Å². The van der Waals surface area contributed by atoms with E-state index in [1.54, 1.807) is 12.1 Å². The molecule has 148 valence electrons. The van der Waals surface area contributed by atoms with Crippen molar-refractivity contribution in [1.82, 2.24) is 0 Å². The first-order valence-electron chi connectivity index (χ1n) is 8.94. The topological polar surface area (TPSA) is 106 Å². The Hall–Kier alpha value is -3.29. The fourth-order valence-electron chi connectivity index (χ4n) is 2.80. The van der Waals surface area contributed by atoms with Gasteiger partial charge in [-0.15, -0.1) is 0 Å². The van der Waals surface area contributed by atoms with Gasteiger partial charge in [-0.25, -0.2) is 13.6 Å². The van der Waals surface area contributed by atoms with Crippen molar-refractivity contribution in [2.75, 3.05) is 5.32 Å². The number of amides is 1. The number of rotatable bonds is 7. The Morgan fingerprint density at radius 1 is 0.759 bits per heavy atom. The predicted octanol–water partition coefficient (Wildman–Crippen LogP) is 3.60. The molecule has 0 fully saturated rings. The van der Waals surface area contributed by atoms with Gasteiger partial charge < -0.3 is 5.32 Å². The molecule has 3 N–H and O–H groups in total. The largest absolute Gasteiger partial charge is 0.326 e. The highest BCUT2D eigenvalue weighted by Gasteiger charge is 2.11. The summed E-state index contributed by atoms with van der Waals surface area (Å²) >= 11 is 0. The minimum absolute atomic E-state index is 0.0240. The van der Waals surface area contributed by atoms with Crippen LogP contribution in [0.5, 0.6) is 0 Å². The Morgan fingerprint density at radius 3 is 1.93 bits per heavy atom. The van der Waals surface area contributed by atoms with Crippen molar-refractivity contribution >= 4 is 27.4 Å². The van der Waals surface area contributed by atoms with Gasteiger partial charge in [0.1, 0.15) is 0 Å². The van der Waals surface area contributed by atoms with Crippen LogP contribution < -0.4 is 10.5 Å². The zero-order chi connectivity index (χ0) is 20.9. The minimum Gasteiger partial charge on any atom is -0.326 e. The molecular formula is C22H20N2O4S. The molecule has 0 aliphatic rings. The molecule has 29 heavy (non-hydrogen) atoms. The molecule has 0 unspecified atom stereocenters. The van der Waals surface area contributed by atoms with E-state index < -0.39 is 10.0 Å². The van der Waals surface area contributed by atoms with Gasteiger partial charge in [0.2, 0.25) is 15.9 Å². The lowest BCUT2D eigenvalue weighted by Gasteiger charge is -2.07. The van der Waals surface area contributed by atoms with E-state index in [9.17, 15) is 18.0 Å². The molecule has 0 bridgehead atoms. The van der Waals surface area contributed by atoms with E-state index >= 15 is 0 Å². The van der Waals surface area contributed by atoms with Gasteiger partial charge in [-0.05, 0) is 35.4 Å². The van der Waals surface area contributed by atoms with Crippen molar-refractivity contribution in [2.45, 2.75) is 17.7 Å². The summed E-state index contributed by atoms with van der Waals surface area (Å²) in [5, 5.41) is 7.67. The molecule has 0 saturated carbocycles. The molecule has 0 aliphatic carbocycles. The smallest absolute Gasteiger partial charge is 0.238 e. The van der Waals surface area contributed by atoms with Crippen molar-refractivity contribution in [1.29, 1.82) is 0 Å². The van der Waals surface area contributed by atoms with Crippen LogP contribution >= 0.6 is 0 Å². The molecule has 0 aliphatic heterocycles. The van der Waals surface area contributed by atoms with Gasteiger partial charge in [0.15, 0.2) is 5.78 Å². The Balaban J connectivity index is 1.54. The van der Waals surface area contributed by atoms with E-state index in [1.807, 2.05) is 42.5 Å². The number of hydrogen-bond acceptors (Lipinski definition) is 4. The minimum atomic E-state index is -3.78. The number of hydrogen-bond donors (Lipinski definition) is 2. The third-order valence-electron chi connectivity index (χ3n) is 4.36. The van der Waals surface area contributed by atoms with E-state index in [1.165, 1.54) is 24.3 Å². The van der Waals surface area contributed by atoms with Crippen molar-refractivity contribution in [3.05, 3.63) is 84.4 Å². The molecule has 0 atom stereocenters. The van der Waals surface area contributed by atoms with Gasteiger partial charge >= 0.3 is 0 Å². The summed E-state index contributed by atoms with van der Waals surface area (Å²) in [5.74, 6) is -0.452. The number of carbonyl (C=O) groups is 2. The number of nitrogens with one attached hydrogen (secondary N) is 1. The van der Waals surface area contributed by atoms with E-state index in [0.29, 0.717) is 11.3 Å². The Bertz CT molecular complexity index is 1110. The second-order valence-corrected chi connectivity index (χ2v) is 8.05. The maximum absolute atomic E-state index is 12.3. The third kappa shape index (κ3) is 5.60. The lowest BCUT2D eigenvalue weighted by molar-refractivity contribution is -0.116. The van der Waals surface area contributed by atoms with E-state index in [2.05, 4.69) is 5.32 Å². The molecule has 0 aromatic heterocycles. The standard InChI is InChI=1S/C22H20N2O4S/c23-29(27,28)20-12-10-19(11-13-20)24-22(26)15-14-21(25)18-8-6-17(7-9-18)16-4-2-1-3-5-16/h1-13H,14-15H2,(H,24,26)(H2,23,27,28). The van der Waals surface area contributed by atoms with Crippen LogP contribution in [-0.2, 0) is 14.8 Å². The maximum Gasteiger partial charge on any atom is 0.238 e. The molecule has 3 aromatic carbocycles. The fraction of sp³-hybridized carbons (Fsp3) is 0.0909. The first kappa shape index (κ1) is 20.4. The van der Waals surface area contributed by atoms with Crippen LogP contribution in [0.1, 0.15) is 23.2 Å². The summed E-state index contributed by atoms with van der Waals surface area (Å²) in [6.45, 7) is 0. The number of primary sulfonamides is 1. The van der Waals surface area contributed by atoms with Crippen LogP contribution in [0.25, 0.3) is 11.1 Å². The molecular weight excluding hydrogens is 388 g/mol. The molecule has 7 heteroatoms. The van der Waals surface area contributed by atoms with Gasteiger partial charge in [0.25, 0.3) is 0 Å². The van der Waals surface area contributed by atoms with Gasteiger partial charge in [0.05, 0.1) is 4.90 Å². The van der Waals surface area contributed by atoms with Crippen LogP contribution in [0.15, 0.2) is 83.8 Å². The molecule has 3 rings (SSSR count). The number of sulfonamides is 1. The Labute approximate surface area is 169 Å². The normalized spacial score (nSPS) is 11.1. The first-order chi connectivity index (χ1) is 13.8. The Morgan fingerprint density at radius 2 is 1.34 bits per heavy atom. The van der Waals surface area contributed by atoms with Crippen LogP contribution in [0.4, 0.5) is 5.69 Å². The number of ketones is 1. The highest BCUT2D eigenvalue weighted by Crippen LogP contribution is 2.20. The van der Waals surface area contributed by atoms with Crippen LogP contribution in [-0.4, -0.2) is 20.1 Å². The monoisotopic (exact) mass is 408 g/mol. The average Bonchev–Trinajstić information content (AvgIpc) is 2.72. The van der Waals surface area contributed by atoms with Crippen molar-refractivity contribution < 1.29 is 18.0 Å². The summed E-state index contributed by atoms with van der Waals surface area (Å²) in [5.41, 5.74) is 3.07. The molecule has 1 amide bonds. The lowest BCUT2D eigenvalue weighted by Crippen LogP contribution is -2.14. The number of nitrogens with two attached hydrogens (primary N) is 1.